The van der Waals surface area contributed by atoms with Gasteiger partial charge in [0.25, 0.3) is 0 Å². The van der Waals surface area contributed by atoms with Gasteiger partial charge in [0.15, 0.2) is 0 Å². The standard InChI is InChI=1S/C12H22N2O3/c1-3-5-11(15)14-8-6-10(7-9-14)13-12(16)17-4-2/h10H,3-9H2,1-2H3,(H,13,16). The molecule has 5 nitrogen and oxygen atoms in total. The Hall–Kier alpha value is -1.26. The number of amides is 2. The number of hydrogen-bond acceptors (Lipinski definition) is 3. The van der Waals surface area contributed by atoms with Gasteiger partial charge in [-0.3, -0.25) is 4.79 Å². The highest BCUT2D eigenvalue weighted by atomic mass is 16.5. The van der Waals surface area contributed by atoms with Gasteiger partial charge in [0.05, 0.1) is 6.61 Å². The van der Waals surface area contributed by atoms with Crippen LogP contribution >= 0.6 is 0 Å². The van der Waals surface area contributed by atoms with Crippen LogP contribution in [-0.2, 0) is 9.53 Å². The summed E-state index contributed by atoms with van der Waals surface area (Å²) in [5.74, 6) is 0.224. The molecule has 0 aromatic carbocycles. The number of alkyl carbamates (subject to hydrolysis) is 1. The second kappa shape index (κ2) is 7.14. The Kier molecular flexibility index (Phi) is 5.80. The van der Waals surface area contributed by atoms with E-state index in [9.17, 15) is 9.59 Å². The average molecular weight is 242 g/mol. The Morgan fingerprint density at radius 2 is 1.94 bits per heavy atom. The topological polar surface area (TPSA) is 58.6 Å². The third-order valence-electron chi connectivity index (χ3n) is 2.91. The van der Waals surface area contributed by atoms with Crippen molar-refractivity contribution in [3.05, 3.63) is 0 Å². The van der Waals surface area contributed by atoms with Crippen LogP contribution in [0.2, 0.25) is 0 Å². The third-order valence-corrected chi connectivity index (χ3v) is 2.91. The zero-order chi connectivity index (χ0) is 12.7. The first kappa shape index (κ1) is 13.8. The van der Waals surface area contributed by atoms with Crippen LogP contribution in [0.1, 0.15) is 39.5 Å². The third kappa shape index (κ3) is 4.63. The fraction of sp³-hybridized carbons (Fsp3) is 0.833. The van der Waals surface area contributed by atoms with Crippen molar-refractivity contribution in [2.24, 2.45) is 0 Å². The van der Waals surface area contributed by atoms with Crippen molar-refractivity contribution < 1.29 is 14.3 Å². The molecule has 17 heavy (non-hydrogen) atoms. The Labute approximate surface area is 102 Å². The van der Waals surface area contributed by atoms with Crippen molar-refractivity contribution in [3.63, 3.8) is 0 Å². The molecule has 0 unspecified atom stereocenters. The number of carbonyl (C=O) groups is 2. The Bertz CT molecular complexity index is 260. The van der Waals surface area contributed by atoms with E-state index in [-0.39, 0.29) is 18.0 Å². The molecule has 0 aromatic rings. The predicted octanol–water partition coefficient (Wildman–Crippen LogP) is 1.52. The summed E-state index contributed by atoms with van der Waals surface area (Å²) in [6.07, 6.45) is 2.78. The molecule has 1 aliphatic rings. The molecular weight excluding hydrogens is 220 g/mol. The van der Waals surface area contributed by atoms with Crippen LogP contribution in [0.3, 0.4) is 0 Å². The molecule has 1 aliphatic heterocycles. The van der Waals surface area contributed by atoms with E-state index in [1.165, 1.54) is 0 Å². The van der Waals surface area contributed by atoms with Crippen molar-refractivity contribution in [1.82, 2.24) is 10.2 Å². The summed E-state index contributed by atoms with van der Waals surface area (Å²) in [6, 6.07) is 0.139. The molecule has 1 heterocycles. The lowest BCUT2D eigenvalue weighted by molar-refractivity contribution is -0.132. The predicted molar refractivity (Wildman–Crippen MR) is 64.7 cm³/mol. The molecule has 0 spiro atoms. The fourth-order valence-electron chi connectivity index (χ4n) is 1.98. The van der Waals surface area contributed by atoms with E-state index >= 15 is 0 Å². The highest BCUT2D eigenvalue weighted by molar-refractivity contribution is 5.76. The van der Waals surface area contributed by atoms with Crippen LogP contribution in [0.4, 0.5) is 4.79 Å². The highest BCUT2D eigenvalue weighted by Gasteiger charge is 2.23. The van der Waals surface area contributed by atoms with Crippen molar-refractivity contribution in [3.8, 4) is 0 Å². The first-order valence-corrected chi connectivity index (χ1v) is 6.38. The minimum Gasteiger partial charge on any atom is -0.450 e. The second-order valence-electron chi connectivity index (χ2n) is 4.27. The number of piperidine rings is 1. The number of likely N-dealkylation sites (tertiary alicyclic amines) is 1. The lowest BCUT2D eigenvalue weighted by atomic mass is 10.0. The fourth-order valence-corrected chi connectivity index (χ4v) is 1.98. The summed E-state index contributed by atoms with van der Waals surface area (Å²) in [5.41, 5.74) is 0. The summed E-state index contributed by atoms with van der Waals surface area (Å²) in [5, 5.41) is 2.81. The molecule has 1 saturated heterocycles. The monoisotopic (exact) mass is 242 g/mol. The van der Waals surface area contributed by atoms with E-state index in [0.717, 1.165) is 32.4 Å². The minimum atomic E-state index is -0.356. The molecule has 98 valence electrons. The van der Waals surface area contributed by atoms with Gasteiger partial charge in [-0.15, -0.1) is 0 Å². The molecule has 0 radical (unpaired) electrons. The van der Waals surface area contributed by atoms with E-state index in [1.54, 1.807) is 6.92 Å². The molecule has 0 aromatic heterocycles. The van der Waals surface area contributed by atoms with Gasteiger partial charge in [-0.1, -0.05) is 6.92 Å². The largest absolute Gasteiger partial charge is 0.450 e. The van der Waals surface area contributed by atoms with Gasteiger partial charge in [-0.25, -0.2) is 4.79 Å². The molecule has 5 heteroatoms. The normalized spacial score (nSPS) is 16.7. The van der Waals surface area contributed by atoms with Crippen molar-refractivity contribution in [2.75, 3.05) is 19.7 Å². The summed E-state index contributed by atoms with van der Waals surface area (Å²) >= 11 is 0. The zero-order valence-electron chi connectivity index (χ0n) is 10.7. The van der Waals surface area contributed by atoms with Gasteiger partial charge in [-0.05, 0) is 26.2 Å². The summed E-state index contributed by atoms with van der Waals surface area (Å²) in [6.45, 7) is 5.64. The van der Waals surface area contributed by atoms with Crippen molar-refractivity contribution in [2.45, 2.75) is 45.6 Å². The van der Waals surface area contributed by atoms with Gasteiger partial charge in [0, 0.05) is 25.6 Å². The Morgan fingerprint density at radius 3 is 2.47 bits per heavy atom. The maximum absolute atomic E-state index is 11.6. The number of hydrogen-bond donors (Lipinski definition) is 1. The van der Waals surface area contributed by atoms with Gasteiger partial charge < -0.3 is 15.0 Å². The maximum atomic E-state index is 11.6. The van der Waals surface area contributed by atoms with E-state index in [4.69, 9.17) is 4.74 Å². The highest BCUT2D eigenvalue weighted by Crippen LogP contribution is 2.12. The minimum absolute atomic E-state index is 0.139. The van der Waals surface area contributed by atoms with Crippen molar-refractivity contribution >= 4 is 12.0 Å². The SMILES string of the molecule is CCCC(=O)N1CCC(NC(=O)OCC)CC1. The molecule has 0 saturated carbocycles. The van der Waals surface area contributed by atoms with Crippen molar-refractivity contribution in [1.29, 1.82) is 0 Å². The molecule has 0 bridgehead atoms. The number of nitrogens with zero attached hydrogens (tertiary/aromatic N) is 1. The first-order valence-electron chi connectivity index (χ1n) is 6.38. The molecule has 1 fully saturated rings. The smallest absolute Gasteiger partial charge is 0.407 e. The van der Waals surface area contributed by atoms with Crippen LogP contribution in [0.15, 0.2) is 0 Å². The van der Waals surface area contributed by atoms with E-state index < -0.39 is 0 Å². The first-order chi connectivity index (χ1) is 8.17. The quantitative estimate of drug-likeness (QED) is 0.813. The lowest BCUT2D eigenvalue weighted by Crippen LogP contribution is -2.46. The molecule has 0 atom stereocenters. The van der Waals surface area contributed by atoms with E-state index in [1.807, 2.05) is 11.8 Å². The van der Waals surface area contributed by atoms with Crippen LogP contribution in [-0.4, -0.2) is 42.6 Å². The number of carbonyl (C=O) groups excluding carboxylic acids is 2. The van der Waals surface area contributed by atoms with Crippen LogP contribution in [0.5, 0.6) is 0 Å². The van der Waals surface area contributed by atoms with Gasteiger partial charge in [0.2, 0.25) is 5.91 Å². The molecular formula is C12H22N2O3. The molecule has 0 aliphatic carbocycles. The summed E-state index contributed by atoms with van der Waals surface area (Å²) in [7, 11) is 0. The van der Waals surface area contributed by atoms with Crippen LogP contribution in [0.25, 0.3) is 0 Å². The molecule has 1 N–H and O–H groups in total. The van der Waals surface area contributed by atoms with Gasteiger partial charge in [0.1, 0.15) is 0 Å². The van der Waals surface area contributed by atoms with E-state index in [0.29, 0.717) is 13.0 Å². The summed E-state index contributed by atoms with van der Waals surface area (Å²) < 4.78 is 4.83. The Balaban J connectivity index is 2.26. The van der Waals surface area contributed by atoms with Crippen LogP contribution in [0, 0.1) is 0 Å². The average Bonchev–Trinajstić information content (AvgIpc) is 2.30. The van der Waals surface area contributed by atoms with E-state index in [2.05, 4.69) is 5.32 Å². The Morgan fingerprint density at radius 1 is 1.29 bits per heavy atom. The lowest BCUT2D eigenvalue weighted by Gasteiger charge is -2.32. The molecule has 2 amide bonds. The summed E-state index contributed by atoms with van der Waals surface area (Å²) in [4.78, 5) is 24.7. The van der Waals surface area contributed by atoms with Gasteiger partial charge in [-0.2, -0.15) is 0 Å². The maximum Gasteiger partial charge on any atom is 0.407 e. The van der Waals surface area contributed by atoms with Crippen LogP contribution < -0.4 is 5.32 Å². The van der Waals surface area contributed by atoms with Gasteiger partial charge >= 0.3 is 6.09 Å². The number of ether oxygens (including phenoxy) is 1. The second-order valence-corrected chi connectivity index (χ2v) is 4.27. The number of rotatable bonds is 4. The molecule has 1 rings (SSSR count). The number of nitrogens with one attached hydrogen (secondary N) is 1. The zero-order valence-corrected chi connectivity index (χ0v) is 10.7.